The Labute approximate surface area is 343 Å². The van der Waals surface area contributed by atoms with Gasteiger partial charge in [-0.2, -0.15) is 0 Å². The molecule has 0 unspecified atom stereocenters. The molecular weight excluding hydrogens is 911 g/mol. The molecule has 0 saturated carbocycles. The molecule has 1 radical (unpaired) electrons. The number of fused-ring (bicyclic) bond motifs is 3. The summed E-state index contributed by atoms with van der Waals surface area (Å²) in [4.78, 5) is 13.9. The molecule has 0 aliphatic carbocycles. The van der Waals surface area contributed by atoms with Crippen LogP contribution in [0.4, 0.5) is 0 Å². The van der Waals surface area contributed by atoms with E-state index in [2.05, 4.69) is 87.9 Å². The van der Waals surface area contributed by atoms with E-state index in [1.165, 1.54) is 4.40 Å². The van der Waals surface area contributed by atoms with Gasteiger partial charge in [-0.3, -0.25) is 0 Å². The smallest absolute Gasteiger partial charge is 0 e. The van der Waals surface area contributed by atoms with E-state index in [0.29, 0.717) is 22.4 Å². The minimum Gasteiger partial charge on any atom is 0 e. The molecule has 4 nitrogen and oxygen atoms in total. The van der Waals surface area contributed by atoms with E-state index in [1.54, 1.807) is 12.3 Å². The van der Waals surface area contributed by atoms with Crippen molar-refractivity contribution in [1.29, 1.82) is 0 Å². The summed E-state index contributed by atoms with van der Waals surface area (Å²) in [6, 6.07) is 56.0. The molecule has 9 rings (SSSR count). The van der Waals surface area contributed by atoms with Gasteiger partial charge in [0.15, 0.2) is 0 Å². The fourth-order valence-corrected chi connectivity index (χ4v) is 8.62. The van der Waals surface area contributed by atoms with Crippen molar-refractivity contribution in [3.63, 3.8) is 0 Å². The van der Waals surface area contributed by atoms with Gasteiger partial charge in [0, 0.05) is 41.4 Å². The number of rotatable bonds is 6. The van der Waals surface area contributed by atoms with E-state index < -0.39 is 20.1 Å². The molecule has 4 heterocycles. The second kappa shape index (κ2) is 16.5. The Kier molecular flexibility index (Phi) is 10.2. The van der Waals surface area contributed by atoms with E-state index in [0.717, 1.165) is 55.7 Å². The quantitative estimate of drug-likeness (QED) is 0.123. The normalized spacial score (nSPS) is 12.2. The topological polar surface area (TPSA) is 51.8 Å². The largest absolute Gasteiger partial charge is 0 e. The first kappa shape index (κ1) is 34.1. The maximum Gasteiger partial charge on any atom is 0 e. The predicted octanol–water partition coefficient (Wildman–Crippen LogP) is 12.2. The monoisotopic (exact) mass is 955 g/mol. The van der Waals surface area contributed by atoms with Crippen molar-refractivity contribution in [3.05, 3.63) is 182 Å². The molecule has 0 bridgehead atoms. The molecule has 0 aliphatic rings. The van der Waals surface area contributed by atoms with Gasteiger partial charge in [0.25, 0.3) is 0 Å². The van der Waals surface area contributed by atoms with Crippen molar-refractivity contribution in [3.8, 4) is 56.2 Å². The van der Waals surface area contributed by atoms with Gasteiger partial charge in [-0.05, 0) is 40.9 Å². The molecular formula is C49H39GeIrN3O-2. The molecule has 0 fully saturated rings. The molecule has 9 aromatic rings. The maximum atomic E-state index is 8.15. The van der Waals surface area contributed by atoms with Crippen molar-refractivity contribution < 1.29 is 28.6 Å². The van der Waals surface area contributed by atoms with Crippen LogP contribution in [0, 0.1) is 19.0 Å². The van der Waals surface area contributed by atoms with Gasteiger partial charge >= 0.3 is 134 Å². The summed E-state index contributed by atoms with van der Waals surface area (Å²) in [5.41, 5.74) is 10.2. The summed E-state index contributed by atoms with van der Waals surface area (Å²) < 4.78 is 32.2. The van der Waals surface area contributed by atoms with Crippen molar-refractivity contribution in [1.82, 2.24) is 15.0 Å². The van der Waals surface area contributed by atoms with Gasteiger partial charge in [0.1, 0.15) is 5.58 Å². The molecule has 6 heteroatoms. The number of hydrogen-bond acceptors (Lipinski definition) is 4. The average Bonchev–Trinajstić information content (AvgIpc) is 3.62. The van der Waals surface area contributed by atoms with Crippen LogP contribution in [0.2, 0.25) is 17.3 Å². The van der Waals surface area contributed by atoms with Gasteiger partial charge < -0.3 is 9.40 Å². The van der Waals surface area contributed by atoms with Crippen LogP contribution in [0.3, 0.4) is 0 Å². The summed E-state index contributed by atoms with van der Waals surface area (Å²) >= 11 is -1.81. The van der Waals surface area contributed by atoms with Crippen LogP contribution in [0.1, 0.15) is 9.68 Å². The Morgan fingerprint density at radius 2 is 1.25 bits per heavy atom. The SMILES string of the molecule is [2H]C([2H])([2H])c1cc(-c2[c-]ccc3c2oc2cc(-c4ccccc4)ccc23)ncc1-c1ccccc1.[CH3][Ge]([CH3])([CH3])[c]1ccc(-c2[c-]ccc(-c3ccccc3)n2)nc1.[Ir]. The Morgan fingerprint density at radius 3 is 1.93 bits per heavy atom. The summed E-state index contributed by atoms with van der Waals surface area (Å²) in [6.07, 6.45) is 3.65. The molecule has 0 amide bonds. The van der Waals surface area contributed by atoms with E-state index in [9.17, 15) is 0 Å². The Balaban J connectivity index is 0.000000192. The first-order chi connectivity index (χ1) is 27.5. The Hall–Kier alpha value is -5.46. The molecule has 55 heavy (non-hydrogen) atoms. The average molecular weight is 954 g/mol. The summed E-state index contributed by atoms with van der Waals surface area (Å²) in [7, 11) is 0. The van der Waals surface area contributed by atoms with Crippen molar-refractivity contribution >= 4 is 39.6 Å². The predicted molar refractivity (Wildman–Crippen MR) is 226 cm³/mol. The number of benzene rings is 5. The number of hydrogen-bond donors (Lipinski definition) is 0. The number of aromatic nitrogens is 3. The van der Waals surface area contributed by atoms with E-state index >= 15 is 0 Å². The van der Waals surface area contributed by atoms with Gasteiger partial charge in [-0.15, -0.1) is 18.2 Å². The number of aryl methyl sites for hydroxylation is 1. The standard InChI is InChI=1S/C30H20NO.C19H19GeN2.Ir/c1-20-17-28(31-19-27(20)22-11-6-3-7-12-22)26-14-8-13-25-24-16-15-23(18-29(24)32-30(25)26)21-9-4-2-5-10-21;1-20(2,3)16-12-13-18(21-14-16)19-11-7-10-17(22-19)15-8-5-4-6-9-15;/h2-13,15-19H,1H3;4-10,12-14H,1-3H3;/q2*-1;/i1D3;;. The van der Waals surface area contributed by atoms with Crippen molar-refractivity contribution in [2.45, 2.75) is 24.1 Å². The third-order valence-electron chi connectivity index (χ3n) is 9.42. The van der Waals surface area contributed by atoms with Crippen LogP contribution < -0.4 is 4.40 Å². The zero-order valence-electron chi connectivity index (χ0n) is 33.7. The number of pyridine rings is 3. The van der Waals surface area contributed by atoms with Crippen LogP contribution >= 0.6 is 0 Å². The van der Waals surface area contributed by atoms with Crippen LogP contribution in [-0.2, 0) is 20.1 Å². The zero-order valence-corrected chi connectivity index (χ0v) is 35.2. The van der Waals surface area contributed by atoms with Crippen LogP contribution in [0.25, 0.3) is 78.1 Å². The van der Waals surface area contributed by atoms with Crippen LogP contribution in [0.5, 0.6) is 0 Å². The third kappa shape index (κ3) is 8.30. The Morgan fingerprint density at radius 1 is 0.582 bits per heavy atom. The third-order valence-corrected chi connectivity index (χ3v) is 13.7. The molecule has 0 aliphatic heterocycles. The minimum absolute atomic E-state index is 0. The first-order valence-corrected chi connectivity index (χ1v) is 25.3. The van der Waals surface area contributed by atoms with Gasteiger partial charge in [-0.1, -0.05) is 89.8 Å². The van der Waals surface area contributed by atoms with Crippen LogP contribution in [0.15, 0.2) is 168 Å². The summed E-state index contributed by atoms with van der Waals surface area (Å²) in [6.45, 7) is -2.30. The molecule has 0 saturated heterocycles. The number of nitrogens with zero attached hydrogens (tertiary/aromatic N) is 3. The van der Waals surface area contributed by atoms with E-state index in [4.69, 9.17) is 13.5 Å². The summed E-state index contributed by atoms with van der Waals surface area (Å²) in [5, 5.41) is 1.93. The van der Waals surface area contributed by atoms with E-state index in [-0.39, 0.29) is 25.7 Å². The molecule has 0 atom stereocenters. The van der Waals surface area contributed by atoms with Crippen LogP contribution in [-0.4, -0.2) is 28.2 Å². The molecule has 4 aromatic heterocycles. The molecule has 271 valence electrons. The molecule has 0 spiro atoms. The molecule has 5 aromatic carbocycles. The second-order valence-corrected chi connectivity index (χ2v) is 24.8. The fraction of sp³-hybridized carbons (Fsp3) is 0.0816. The first-order valence-electron chi connectivity index (χ1n) is 19.4. The van der Waals surface area contributed by atoms with Gasteiger partial charge in [0.2, 0.25) is 0 Å². The Bertz CT molecular complexity index is 2810. The van der Waals surface area contributed by atoms with Gasteiger partial charge in [0.05, 0.1) is 5.58 Å². The summed E-state index contributed by atoms with van der Waals surface area (Å²) in [5.74, 6) is 7.12. The van der Waals surface area contributed by atoms with E-state index in [1.807, 2.05) is 103 Å². The fourth-order valence-electron chi connectivity index (χ4n) is 6.45. The van der Waals surface area contributed by atoms with Crippen molar-refractivity contribution in [2.24, 2.45) is 0 Å². The molecule has 0 N–H and O–H groups in total. The van der Waals surface area contributed by atoms with Gasteiger partial charge in [-0.25, -0.2) is 0 Å². The number of furan rings is 1. The van der Waals surface area contributed by atoms with Crippen molar-refractivity contribution in [2.75, 3.05) is 0 Å². The zero-order chi connectivity index (χ0) is 39.6. The maximum absolute atomic E-state index is 8.15. The minimum atomic E-state index is -2.30. The second-order valence-electron chi connectivity index (χ2n) is 14.1.